The minimum absolute atomic E-state index is 0.244. The summed E-state index contributed by atoms with van der Waals surface area (Å²) in [5.74, 6) is 0.244. The fraction of sp³-hybridized carbons (Fsp3) is 0.308. The molecule has 2 rings (SSSR count). The van der Waals surface area contributed by atoms with E-state index in [9.17, 15) is 4.79 Å². The van der Waals surface area contributed by atoms with Gasteiger partial charge in [0, 0.05) is 19.2 Å². The van der Waals surface area contributed by atoms with Gasteiger partial charge in [-0.25, -0.2) is 0 Å². The molecule has 15 heavy (non-hydrogen) atoms. The van der Waals surface area contributed by atoms with E-state index in [2.05, 4.69) is 0 Å². The standard InChI is InChI=1S/C13H15NO/c15-13-8-4-5-10-14(13)11-9-12-6-2-1-3-7-12/h1-3,6-7,9,11H,4-5,8,10H2/b11-9+. The molecule has 1 aliphatic heterocycles. The molecule has 0 spiro atoms. The summed E-state index contributed by atoms with van der Waals surface area (Å²) in [5, 5.41) is 0. The van der Waals surface area contributed by atoms with E-state index in [0.717, 1.165) is 24.9 Å². The third-order valence-corrected chi connectivity index (χ3v) is 2.61. The molecule has 0 bridgehead atoms. The average molecular weight is 201 g/mol. The van der Waals surface area contributed by atoms with Crippen LogP contribution in [0.15, 0.2) is 36.5 Å². The minimum atomic E-state index is 0.244. The summed E-state index contributed by atoms with van der Waals surface area (Å²) >= 11 is 0. The number of piperidine rings is 1. The fourth-order valence-corrected chi connectivity index (χ4v) is 1.72. The highest BCUT2D eigenvalue weighted by Gasteiger charge is 2.14. The molecule has 1 heterocycles. The van der Waals surface area contributed by atoms with Gasteiger partial charge in [-0.15, -0.1) is 0 Å². The van der Waals surface area contributed by atoms with E-state index >= 15 is 0 Å². The number of amides is 1. The highest BCUT2D eigenvalue weighted by molar-refractivity contribution is 5.78. The third-order valence-electron chi connectivity index (χ3n) is 2.61. The van der Waals surface area contributed by atoms with E-state index in [0.29, 0.717) is 6.42 Å². The maximum atomic E-state index is 11.5. The molecule has 0 saturated carbocycles. The molecule has 78 valence electrons. The highest BCUT2D eigenvalue weighted by atomic mass is 16.2. The van der Waals surface area contributed by atoms with Gasteiger partial charge < -0.3 is 4.90 Å². The molecule has 0 radical (unpaired) electrons. The average Bonchev–Trinajstić information content (AvgIpc) is 2.29. The second kappa shape index (κ2) is 4.78. The number of hydrogen-bond acceptors (Lipinski definition) is 1. The van der Waals surface area contributed by atoms with Gasteiger partial charge in [-0.1, -0.05) is 30.3 Å². The molecular weight excluding hydrogens is 186 g/mol. The summed E-state index contributed by atoms with van der Waals surface area (Å²) in [7, 11) is 0. The van der Waals surface area contributed by atoms with Crippen LogP contribution in [0.5, 0.6) is 0 Å². The van der Waals surface area contributed by atoms with E-state index in [4.69, 9.17) is 0 Å². The number of rotatable bonds is 2. The smallest absolute Gasteiger partial charge is 0.226 e. The van der Waals surface area contributed by atoms with Crippen molar-refractivity contribution in [2.75, 3.05) is 6.54 Å². The van der Waals surface area contributed by atoms with Crippen LogP contribution in [0, 0.1) is 0 Å². The van der Waals surface area contributed by atoms with E-state index < -0.39 is 0 Å². The van der Waals surface area contributed by atoms with E-state index in [-0.39, 0.29) is 5.91 Å². The zero-order valence-corrected chi connectivity index (χ0v) is 8.73. The van der Waals surface area contributed by atoms with Crippen LogP contribution in [0.4, 0.5) is 0 Å². The lowest BCUT2D eigenvalue weighted by Gasteiger charge is -2.22. The zero-order chi connectivity index (χ0) is 10.5. The molecule has 0 N–H and O–H groups in total. The van der Waals surface area contributed by atoms with E-state index in [1.54, 1.807) is 0 Å². The van der Waals surface area contributed by atoms with Crippen molar-refractivity contribution in [3.05, 3.63) is 42.1 Å². The van der Waals surface area contributed by atoms with Crippen LogP contribution < -0.4 is 0 Å². The molecule has 1 saturated heterocycles. The van der Waals surface area contributed by atoms with Crippen molar-refractivity contribution in [3.8, 4) is 0 Å². The molecule has 2 nitrogen and oxygen atoms in total. The first-order valence-corrected chi connectivity index (χ1v) is 5.39. The monoisotopic (exact) mass is 201 g/mol. The predicted octanol–water partition coefficient (Wildman–Crippen LogP) is 2.67. The molecule has 1 aromatic carbocycles. The topological polar surface area (TPSA) is 20.3 Å². The molecule has 0 aliphatic carbocycles. The maximum Gasteiger partial charge on any atom is 0.226 e. The summed E-state index contributed by atoms with van der Waals surface area (Å²) < 4.78 is 0. The SMILES string of the molecule is O=C1CCCCN1/C=C/c1ccccc1. The Balaban J connectivity index is 2.01. The first kappa shape index (κ1) is 9.97. The Bertz CT molecular complexity index is 356. The van der Waals surface area contributed by atoms with Crippen molar-refractivity contribution in [3.63, 3.8) is 0 Å². The van der Waals surface area contributed by atoms with Crippen LogP contribution in [-0.4, -0.2) is 17.4 Å². The molecule has 2 heteroatoms. The lowest BCUT2D eigenvalue weighted by Crippen LogP contribution is -2.30. The Morgan fingerprint density at radius 1 is 1.13 bits per heavy atom. The largest absolute Gasteiger partial charge is 0.319 e. The summed E-state index contributed by atoms with van der Waals surface area (Å²) in [6.45, 7) is 0.863. The van der Waals surface area contributed by atoms with Gasteiger partial charge in [0.05, 0.1) is 0 Å². The lowest BCUT2D eigenvalue weighted by molar-refractivity contribution is -0.130. The van der Waals surface area contributed by atoms with E-state index in [1.165, 1.54) is 0 Å². The highest BCUT2D eigenvalue weighted by Crippen LogP contribution is 2.12. The number of hydrogen-bond donors (Lipinski definition) is 0. The van der Waals surface area contributed by atoms with Crippen LogP contribution in [0.25, 0.3) is 6.08 Å². The van der Waals surface area contributed by atoms with Crippen LogP contribution in [0.1, 0.15) is 24.8 Å². The molecule has 1 fully saturated rings. The van der Waals surface area contributed by atoms with Crippen LogP contribution in [-0.2, 0) is 4.79 Å². The summed E-state index contributed by atoms with van der Waals surface area (Å²) in [4.78, 5) is 13.3. The number of benzene rings is 1. The van der Waals surface area contributed by atoms with Gasteiger partial charge in [0.2, 0.25) is 5.91 Å². The molecule has 1 amide bonds. The van der Waals surface area contributed by atoms with Gasteiger partial charge in [-0.05, 0) is 24.5 Å². The first-order chi connectivity index (χ1) is 7.36. The van der Waals surface area contributed by atoms with Crippen molar-refractivity contribution in [1.82, 2.24) is 4.90 Å². The number of likely N-dealkylation sites (tertiary alicyclic amines) is 1. The molecular formula is C13H15NO. The van der Waals surface area contributed by atoms with Crippen molar-refractivity contribution in [1.29, 1.82) is 0 Å². The predicted molar refractivity (Wildman–Crippen MR) is 61.0 cm³/mol. The Labute approximate surface area is 90.2 Å². The molecule has 0 atom stereocenters. The maximum absolute atomic E-state index is 11.5. The Morgan fingerprint density at radius 2 is 1.93 bits per heavy atom. The van der Waals surface area contributed by atoms with Gasteiger partial charge in [0.15, 0.2) is 0 Å². The fourth-order valence-electron chi connectivity index (χ4n) is 1.72. The number of carbonyl (C=O) groups excluding carboxylic acids is 1. The first-order valence-electron chi connectivity index (χ1n) is 5.39. The van der Waals surface area contributed by atoms with Crippen LogP contribution in [0.3, 0.4) is 0 Å². The van der Waals surface area contributed by atoms with Crippen molar-refractivity contribution < 1.29 is 4.79 Å². The Hall–Kier alpha value is -1.57. The van der Waals surface area contributed by atoms with Gasteiger partial charge in [-0.2, -0.15) is 0 Å². The van der Waals surface area contributed by atoms with Gasteiger partial charge in [0.1, 0.15) is 0 Å². The second-order valence-electron chi connectivity index (χ2n) is 3.77. The van der Waals surface area contributed by atoms with Gasteiger partial charge in [-0.3, -0.25) is 4.79 Å². The Kier molecular flexibility index (Phi) is 3.18. The van der Waals surface area contributed by atoms with Gasteiger partial charge in [0.25, 0.3) is 0 Å². The van der Waals surface area contributed by atoms with Gasteiger partial charge >= 0.3 is 0 Å². The van der Waals surface area contributed by atoms with Crippen LogP contribution in [0.2, 0.25) is 0 Å². The second-order valence-corrected chi connectivity index (χ2v) is 3.77. The Morgan fingerprint density at radius 3 is 2.67 bits per heavy atom. The van der Waals surface area contributed by atoms with Crippen LogP contribution >= 0.6 is 0 Å². The normalized spacial score (nSPS) is 17.3. The lowest BCUT2D eigenvalue weighted by atomic mass is 10.1. The van der Waals surface area contributed by atoms with E-state index in [1.807, 2.05) is 47.5 Å². The number of nitrogens with zero attached hydrogens (tertiary/aromatic N) is 1. The summed E-state index contributed by atoms with van der Waals surface area (Å²) in [6.07, 6.45) is 6.73. The van der Waals surface area contributed by atoms with Crippen molar-refractivity contribution in [2.45, 2.75) is 19.3 Å². The zero-order valence-electron chi connectivity index (χ0n) is 8.73. The summed E-state index contributed by atoms with van der Waals surface area (Å²) in [5.41, 5.74) is 1.14. The summed E-state index contributed by atoms with van der Waals surface area (Å²) in [6, 6.07) is 10.1. The quantitative estimate of drug-likeness (QED) is 0.720. The minimum Gasteiger partial charge on any atom is -0.319 e. The number of carbonyl (C=O) groups is 1. The molecule has 0 unspecified atom stereocenters. The third kappa shape index (κ3) is 2.69. The molecule has 0 aromatic heterocycles. The molecule has 1 aromatic rings. The molecule has 1 aliphatic rings. The van der Waals surface area contributed by atoms with Crippen molar-refractivity contribution >= 4 is 12.0 Å². The van der Waals surface area contributed by atoms with Crippen molar-refractivity contribution in [2.24, 2.45) is 0 Å².